The highest BCUT2D eigenvalue weighted by atomic mass is 35.5. The fraction of sp³-hybridized carbons (Fsp3) is 0.333. The summed E-state index contributed by atoms with van der Waals surface area (Å²) in [5, 5.41) is 9.40. The zero-order valence-electron chi connectivity index (χ0n) is 8.30. The van der Waals surface area contributed by atoms with Gasteiger partial charge in [0.2, 0.25) is 10.0 Å². The van der Waals surface area contributed by atoms with Crippen LogP contribution in [0, 0.1) is 0 Å². The van der Waals surface area contributed by atoms with Crippen molar-refractivity contribution in [3.63, 3.8) is 0 Å². The summed E-state index contributed by atoms with van der Waals surface area (Å²) in [6.45, 7) is 0.211. The minimum absolute atomic E-state index is 0.00750. The van der Waals surface area contributed by atoms with Crippen LogP contribution in [0.25, 0.3) is 0 Å². The minimum Gasteiger partial charge on any atom is -0.398 e. The normalized spacial score (nSPS) is 18.4. The van der Waals surface area contributed by atoms with Gasteiger partial charge in [0.25, 0.3) is 0 Å². The Morgan fingerprint density at radius 1 is 1.44 bits per heavy atom. The van der Waals surface area contributed by atoms with Gasteiger partial charge in [-0.1, -0.05) is 11.6 Å². The summed E-state index contributed by atoms with van der Waals surface area (Å²) >= 11 is 5.73. The molecule has 1 aliphatic heterocycles. The van der Waals surface area contributed by atoms with Crippen molar-refractivity contribution in [2.75, 3.05) is 18.8 Å². The molecular formula is C9H11ClN2O3S. The van der Waals surface area contributed by atoms with Crippen LogP contribution in [-0.4, -0.2) is 37.0 Å². The monoisotopic (exact) mass is 262 g/mol. The Labute approximate surface area is 98.5 Å². The molecule has 1 saturated heterocycles. The number of hydrogen-bond donors (Lipinski definition) is 2. The fourth-order valence-corrected chi connectivity index (χ4v) is 3.38. The van der Waals surface area contributed by atoms with Crippen LogP contribution in [-0.2, 0) is 10.0 Å². The van der Waals surface area contributed by atoms with Gasteiger partial charge in [-0.2, -0.15) is 4.31 Å². The third kappa shape index (κ3) is 1.89. The summed E-state index contributed by atoms with van der Waals surface area (Å²) in [4.78, 5) is -0.00750. The molecule has 0 atom stereocenters. The van der Waals surface area contributed by atoms with E-state index in [4.69, 9.17) is 22.4 Å². The lowest BCUT2D eigenvalue weighted by Crippen LogP contribution is -2.53. The van der Waals surface area contributed by atoms with Gasteiger partial charge >= 0.3 is 0 Å². The molecule has 1 aliphatic rings. The van der Waals surface area contributed by atoms with Crippen molar-refractivity contribution in [2.24, 2.45) is 0 Å². The topological polar surface area (TPSA) is 83.6 Å². The Kier molecular flexibility index (Phi) is 2.83. The number of aliphatic hydroxyl groups excluding tert-OH is 1. The first-order valence-corrected chi connectivity index (χ1v) is 6.46. The molecule has 0 aliphatic carbocycles. The van der Waals surface area contributed by atoms with Gasteiger partial charge in [0.1, 0.15) is 4.90 Å². The molecule has 0 radical (unpaired) electrons. The smallest absolute Gasteiger partial charge is 0.245 e. The molecule has 0 spiro atoms. The van der Waals surface area contributed by atoms with E-state index >= 15 is 0 Å². The lowest BCUT2D eigenvalue weighted by Gasteiger charge is -2.34. The Balaban J connectivity index is 2.40. The second-order valence-corrected chi connectivity index (χ2v) is 6.00. The van der Waals surface area contributed by atoms with E-state index in [1.54, 1.807) is 0 Å². The maximum atomic E-state index is 12.0. The highest BCUT2D eigenvalue weighted by Crippen LogP contribution is 2.28. The third-order valence-corrected chi connectivity index (χ3v) is 4.54. The molecule has 3 N–H and O–H groups in total. The number of halogens is 1. The average molecular weight is 263 g/mol. The van der Waals surface area contributed by atoms with Crippen LogP contribution < -0.4 is 5.73 Å². The summed E-state index contributed by atoms with van der Waals surface area (Å²) < 4.78 is 25.2. The zero-order chi connectivity index (χ0) is 11.9. The predicted molar refractivity (Wildman–Crippen MR) is 60.6 cm³/mol. The molecule has 1 aromatic rings. The summed E-state index contributed by atoms with van der Waals surface area (Å²) in [7, 11) is -3.62. The van der Waals surface area contributed by atoms with Crippen LogP contribution in [0.5, 0.6) is 0 Å². The predicted octanol–water partition coefficient (Wildman–Crippen LogP) is 0.287. The summed E-state index contributed by atoms with van der Waals surface area (Å²) in [5.41, 5.74) is 5.76. The van der Waals surface area contributed by atoms with Crippen LogP contribution in [0.15, 0.2) is 23.1 Å². The number of anilines is 1. The number of hydrogen-bond acceptors (Lipinski definition) is 4. The second-order valence-electron chi connectivity index (χ2n) is 3.66. The number of aliphatic hydroxyl groups is 1. The molecule has 0 bridgehead atoms. The Morgan fingerprint density at radius 3 is 2.62 bits per heavy atom. The van der Waals surface area contributed by atoms with Gasteiger partial charge in [0.15, 0.2) is 0 Å². The van der Waals surface area contributed by atoms with Crippen molar-refractivity contribution in [1.29, 1.82) is 0 Å². The van der Waals surface area contributed by atoms with Crippen LogP contribution in [0.4, 0.5) is 5.69 Å². The minimum atomic E-state index is -3.62. The molecule has 5 nitrogen and oxygen atoms in total. The van der Waals surface area contributed by atoms with Crippen molar-refractivity contribution >= 4 is 27.3 Å². The van der Waals surface area contributed by atoms with Crippen molar-refractivity contribution in [1.82, 2.24) is 4.31 Å². The van der Waals surface area contributed by atoms with E-state index < -0.39 is 16.1 Å². The van der Waals surface area contributed by atoms with Crippen molar-refractivity contribution < 1.29 is 13.5 Å². The lowest BCUT2D eigenvalue weighted by molar-refractivity contribution is 0.0548. The van der Waals surface area contributed by atoms with Crippen molar-refractivity contribution in [3.8, 4) is 0 Å². The maximum absolute atomic E-state index is 12.0. The van der Waals surface area contributed by atoms with Crippen molar-refractivity contribution in [2.45, 2.75) is 11.0 Å². The van der Waals surface area contributed by atoms with Crippen LogP contribution >= 0.6 is 11.6 Å². The first-order chi connectivity index (χ1) is 7.41. The molecule has 0 unspecified atom stereocenters. The van der Waals surface area contributed by atoms with E-state index in [9.17, 15) is 8.42 Å². The van der Waals surface area contributed by atoms with E-state index in [0.717, 1.165) is 0 Å². The van der Waals surface area contributed by atoms with Crippen LogP contribution in [0.1, 0.15) is 0 Å². The fourth-order valence-electron chi connectivity index (χ4n) is 1.48. The van der Waals surface area contributed by atoms with E-state index in [1.165, 1.54) is 22.5 Å². The van der Waals surface area contributed by atoms with Crippen LogP contribution in [0.2, 0.25) is 5.02 Å². The number of sulfonamides is 1. The van der Waals surface area contributed by atoms with Gasteiger partial charge in [-0.25, -0.2) is 8.42 Å². The van der Waals surface area contributed by atoms with E-state index in [2.05, 4.69) is 0 Å². The quantitative estimate of drug-likeness (QED) is 0.751. The third-order valence-electron chi connectivity index (χ3n) is 2.42. The van der Waals surface area contributed by atoms with E-state index in [0.29, 0.717) is 5.02 Å². The average Bonchev–Trinajstić information content (AvgIpc) is 2.16. The number of nitrogens with zero attached hydrogens (tertiary/aromatic N) is 1. The molecule has 0 aromatic heterocycles. The van der Waals surface area contributed by atoms with Gasteiger partial charge in [0, 0.05) is 18.1 Å². The van der Waals surface area contributed by atoms with Crippen LogP contribution in [0.3, 0.4) is 0 Å². The van der Waals surface area contributed by atoms with E-state index in [-0.39, 0.29) is 23.7 Å². The summed E-state index contributed by atoms with van der Waals surface area (Å²) in [6, 6.07) is 4.29. The van der Waals surface area contributed by atoms with E-state index in [1.807, 2.05) is 0 Å². The number of rotatable bonds is 2. The first-order valence-electron chi connectivity index (χ1n) is 4.64. The molecule has 2 rings (SSSR count). The maximum Gasteiger partial charge on any atom is 0.245 e. The Bertz CT molecular complexity index is 511. The molecule has 1 fully saturated rings. The van der Waals surface area contributed by atoms with Gasteiger partial charge < -0.3 is 10.8 Å². The molecule has 0 amide bonds. The van der Waals surface area contributed by atoms with Gasteiger partial charge in [-0.3, -0.25) is 0 Å². The lowest BCUT2D eigenvalue weighted by atomic mass is 10.2. The van der Waals surface area contributed by atoms with Gasteiger partial charge in [-0.15, -0.1) is 0 Å². The summed E-state index contributed by atoms with van der Waals surface area (Å²) in [5.74, 6) is 0. The number of nitrogens with two attached hydrogens (primary N) is 1. The molecule has 16 heavy (non-hydrogen) atoms. The standard InChI is InChI=1S/C9H11ClN2O3S/c10-6-1-2-8(11)9(3-6)16(14,15)12-4-7(13)5-12/h1-3,7,13H,4-5,11H2. The number of benzene rings is 1. The Hall–Kier alpha value is -0.820. The second kappa shape index (κ2) is 3.89. The molecule has 88 valence electrons. The zero-order valence-corrected chi connectivity index (χ0v) is 9.87. The van der Waals surface area contributed by atoms with Crippen molar-refractivity contribution in [3.05, 3.63) is 23.2 Å². The SMILES string of the molecule is Nc1ccc(Cl)cc1S(=O)(=O)N1CC(O)C1. The number of β-amino-alcohol motifs (C(OH)–C–C–N with tert-alkyl or cyclic N) is 1. The summed E-state index contributed by atoms with van der Waals surface area (Å²) in [6.07, 6.45) is -0.588. The molecule has 1 aromatic carbocycles. The molecule has 0 saturated carbocycles. The number of nitrogen functional groups attached to an aromatic ring is 1. The molecular weight excluding hydrogens is 252 g/mol. The molecule has 7 heteroatoms. The highest BCUT2D eigenvalue weighted by Gasteiger charge is 2.36. The Morgan fingerprint density at radius 2 is 2.06 bits per heavy atom. The highest BCUT2D eigenvalue weighted by molar-refractivity contribution is 7.89. The largest absolute Gasteiger partial charge is 0.398 e. The van der Waals surface area contributed by atoms with Gasteiger partial charge in [0.05, 0.1) is 11.8 Å². The first kappa shape index (κ1) is 11.7. The van der Waals surface area contributed by atoms with Gasteiger partial charge in [-0.05, 0) is 18.2 Å². The molecule has 1 heterocycles.